The van der Waals surface area contributed by atoms with Gasteiger partial charge in [-0.2, -0.15) is 0 Å². The number of methoxy groups -OCH3 is 3. The van der Waals surface area contributed by atoms with Crippen molar-refractivity contribution >= 4 is 11.9 Å². The van der Waals surface area contributed by atoms with Gasteiger partial charge < -0.3 is 18.9 Å². The molecular formula is C19H18O5. The van der Waals surface area contributed by atoms with E-state index in [1.807, 2.05) is 19.1 Å². The van der Waals surface area contributed by atoms with Crippen molar-refractivity contribution in [3.05, 3.63) is 52.8 Å². The maximum absolute atomic E-state index is 12.5. The van der Waals surface area contributed by atoms with E-state index >= 15 is 0 Å². The van der Waals surface area contributed by atoms with Crippen LogP contribution in [-0.4, -0.2) is 27.1 Å². The molecule has 0 radical (unpaired) electrons. The Bertz CT molecular complexity index is 836. The van der Waals surface area contributed by atoms with Crippen LogP contribution in [0, 0.1) is 6.92 Å². The molecule has 1 heterocycles. The second kappa shape index (κ2) is 6.28. The summed E-state index contributed by atoms with van der Waals surface area (Å²) in [7, 11) is 4.62. The van der Waals surface area contributed by atoms with Crippen LogP contribution in [0.15, 0.2) is 36.1 Å². The molecular weight excluding hydrogens is 308 g/mol. The van der Waals surface area contributed by atoms with Crippen LogP contribution in [0.3, 0.4) is 0 Å². The summed E-state index contributed by atoms with van der Waals surface area (Å²) in [6, 6.07) is 9.06. The third-order valence-electron chi connectivity index (χ3n) is 3.85. The molecule has 5 heteroatoms. The van der Waals surface area contributed by atoms with Gasteiger partial charge in [0.2, 0.25) is 11.5 Å². The molecule has 0 spiro atoms. The average Bonchev–Trinajstić information content (AvgIpc) is 2.89. The number of benzene rings is 2. The fourth-order valence-electron chi connectivity index (χ4n) is 2.67. The fourth-order valence-corrected chi connectivity index (χ4v) is 2.67. The molecule has 0 unspecified atom stereocenters. The predicted molar refractivity (Wildman–Crippen MR) is 90.2 cm³/mol. The number of carbonyl (C=O) groups excluding carboxylic acids is 1. The molecule has 3 rings (SSSR count). The molecule has 0 atom stereocenters. The molecule has 5 nitrogen and oxygen atoms in total. The van der Waals surface area contributed by atoms with E-state index in [1.54, 1.807) is 31.4 Å². The Morgan fingerprint density at radius 3 is 2.38 bits per heavy atom. The first-order valence-electron chi connectivity index (χ1n) is 7.43. The Kier molecular flexibility index (Phi) is 4.16. The highest BCUT2D eigenvalue weighted by atomic mass is 16.5. The predicted octanol–water partition coefficient (Wildman–Crippen LogP) is 3.64. The molecule has 1 aliphatic heterocycles. The maximum atomic E-state index is 12.5. The SMILES string of the molecule is COc1ccc(/C=C2/Oc3cc(C)ccc3C2=O)c(OC)c1OC. The van der Waals surface area contributed by atoms with Gasteiger partial charge in [0.1, 0.15) is 5.75 Å². The van der Waals surface area contributed by atoms with Crippen molar-refractivity contribution in [3.63, 3.8) is 0 Å². The van der Waals surface area contributed by atoms with Crippen molar-refractivity contribution in [3.8, 4) is 23.0 Å². The normalized spacial score (nSPS) is 14.3. The zero-order valence-electron chi connectivity index (χ0n) is 14.0. The molecule has 0 amide bonds. The van der Waals surface area contributed by atoms with Crippen LogP contribution in [0.5, 0.6) is 23.0 Å². The van der Waals surface area contributed by atoms with E-state index in [1.165, 1.54) is 14.2 Å². The Balaban J connectivity index is 2.06. The van der Waals surface area contributed by atoms with Crippen molar-refractivity contribution in [1.82, 2.24) is 0 Å². The summed E-state index contributed by atoms with van der Waals surface area (Å²) in [5.41, 5.74) is 2.26. The summed E-state index contributed by atoms with van der Waals surface area (Å²) >= 11 is 0. The van der Waals surface area contributed by atoms with E-state index in [4.69, 9.17) is 18.9 Å². The number of Topliss-reactive ketones (excluding diaryl/α,β-unsaturated/α-hetero) is 1. The Hall–Kier alpha value is -2.95. The minimum absolute atomic E-state index is 0.151. The average molecular weight is 326 g/mol. The summed E-state index contributed by atoms with van der Waals surface area (Å²) in [5.74, 6) is 2.17. The van der Waals surface area contributed by atoms with Crippen LogP contribution in [0.4, 0.5) is 0 Å². The number of ether oxygens (including phenoxy) is 4. The van der Waals surface area contributed by atoms with E-state index in [0.29, 0.717) is 34.1 Å². The highest BCUT2D eigenvalue weighted by molar-refractivity contribution is 6.14. The Labute approximate surface area is 140 Å². The van der Waals surface area contributed by atoms with Crippen LogP contribution < -0.4 is 18.9 Å². The van der Waals surface area contributed by atoms with E-state index in [-0.39, 0.29) is 11.5 Å². The second-order valence-corrected chi connectivity index (χ2v) is 5.36. The minimum atomic E-state index is -0.151. The van der Waals surface area contributed by atoms with Crippen molar-refractivity contribution in [2.45, 2.75) is 6.92 Å². The highest BCUT2D eigenvalue weighted by Gasteiger charge is 2.28. The molecule has 0 saturated heterocycles. The van der Waals surface area contributed by atoms with Gasteiger partial charge in [-0.3, -0.25) is 4.79 Å². The number of ketones is 1. The van der Waals surface area contributed by atoms with Gasteiger partial charge in [-0.05, 0) is 42.8 Å². The summed E-state index contributed by atoms with van der Waals surface area (Å²) in [5, 5.41) is 0. The van der Waals surface area contributed by atoms with E-state index in [0.717, 1.165) is 5.56 Å². The van der Waals surface area contributed by atoms with Crippen LogP contribution >= 0.6 is 0 Å². The third-order valence-corrected chi connectivity index (χ3v) is 3.85. The number of rotatable bonds is 4. The van der Waals surface area contributed by atoms with Crippen LogP contribution in [0.1, 0.15) is 21.5 Å². The molecule has 124 valence electrons. The van der Waals surface area contributed by atoms with E-state index in [9.17, 15) is 4.79 Å². The summed E-state index contributed by atoms with van der Waals surface area (Å²) in [6.45, 7) is 1.95. The van der Waals surface area contributed by atoms with Crippen molar-refractivity contribution < 1.29 is 23.7 Å². The lowest BCUT2D eigenvalue weighted by Crippen LogP contribution is -2.00. The highest BCUT2D eigenvalue weighted by Crippen LogP contribution is 2.41. The molecule has 2 aromatic rings. The molecule has 0 bridgehead atoms. The number of hydrogen-bond acceptors (Lipinski definition) is 5. The first-order valence-corrected chi connectivity index (χ1v) is 7.43. The van der Waals surface area contributed by atoms with Crippen molar-refractivity contribution in [2.75, 3.05) is 21.3 Å². The smallest absolute Gasteiger partial charge is 0.231 e. The lowest BCUT2D eigenvalue weighted by atomic mass is 10.1. The number of aryl methyl sites for hydroxylation is 1. The lowest BCUT2D eigenvalue weighted by molar-refractivity contribution is 0.101. The largest absolute Gasteiger partial charge is 0.493 e. The minimum Gasteiger partial charge on any atom is -0.493 e. The van der Waals surface area contributed by atoms with Crippen molar-refractivity contribution in [2.24, 2.45) is 0 Å². The van der Waals surface area contributed by atoms with Crippen LogP contribution in [0.2, 0.25) is 0 Å². The maximum Gasteiger partial charge on any atom is 0.231 e. The number of hydrogen-bond donors (Lipinski definition) is 0. The standard InChI is InChI=1S/C19H18O5/c1-11-5-7-13-15(9-11)24-16(17(13)20)10-12-6-8-14(21-2)19(23-4)18(12)22-3/h5-10H,1-4H3/b16-10+. The molecule has 0 aromatic heterocycles. The van der Waals surface area contributed by atoms with E-state index < -0.39 is 0 Å². The van der Waals surface area contributed by atoms with Gasteiger partial charge in [-0.15, -0.1) is 0 Å². The quantitative estimate of drug-likeness (QED) is 0.803. The van der Waals surface area contributed by atoms with Gasteiger partial charge in [-0.1, -0.05) is 6.07 Å². The zero-order valence-corrected chi connectivity index (χ0v) is 14.0. The molecule has 0 aliphatic carbocycles. The van der Waals surface area contributed by atoms with Gasteiger partial charge >= 0.3 is 0 Å². The van der Waals surface area contributed by atoms with Crippen LogP contribution in [-0.2, 0) is 0 Å². The second-order valence-electron chi connectivity index (χ2n) is 5.36. The first-order chi connectivity index (χ1) is 11.6. The lowest BCUT2D eigenvalue weighted by Gasteiger charge is -2.14. The Morgan fingerprint density at radius 1 is 0.958 bits per heavy atom. The molecule has 0 N–H and O–H groups in total. The molecule has 0 fully saturated rings. The topological polar surface area (TPSA) is 54.0 Å². The monoisotopic (exact) mass is 326 g/mol. The summed E-state index contributed by atoms with van der Waals surface area (Å²) < 4.78 is 21.8. The fraction of sp³-hybridized carbons (Fsp3) is 0.211. The number of fused-ring (bicyclic) bond motifs is 1. The number of carbonyl (C=O) groups is 1. The van der Waals surface area contributed by atoms with Gasteiger partial charge in [0.25, 0.3) is 0 Å². The van der Waals surface area contributed by atoms with Crippen LogP contribution in [0.25, 0.3) is 6.08 Å². The third kappa shape index (κ3) is 2.58. The molecule has 0 saturated carbocycles. The summed E-state index contributed by atoms with van der Waals surface area (Å²) in [6.07, 6.45) is 1.65. The summed E-state index contributed by atoms with van der Waals surface area (Å²) in [4.78, 5) is 12.5. The Morgan fingerprint density at radius 2 is 1.71 bits per heavy atom. The van der Waals surface area contributed by atoms with Gasteiger partial charge in [0.15, 0.2) is 17.3 Å². The zero-order chi connectivity index (χ0) is 17.3. The molecule has 2 aromatic carbocycles. The van der Waals surface area contributed by atoms with Crippen molar-refractivity contribution in [1.29, 1.82) is 0 Å². The van der Waals surface area contributed by atoms with E-state index in [2.05, 4.69) is 0 Å². The van der Waals surface area contributed by atoms with Gasteiger partial charge in [-0.25, -0.2) is 0 Å². The first kappa shape index (κ1) is 15.9. The number of allylic oxidation sites excluding steroid dienone is 1. The molecule has 1 aliphatic rings. The molecule has 24 heavy (non-hydrogen) atoms. The van der Waals surface area contributed by atoms with Gasteiger partial charge in [0, 0.05) is 5.56 Å². The van der Waals surface area contributed by atoms with Gasteiger partial charge in [0.05, 0.1) is 26.9 Å².